The van der Waals surface area contributed by atoms with Crippen LogP contribution < -0.4 is 10.7 Å². The van der Waals surface area contributed by atoms with Gasteiger partial charge < -0.3 is 24.5 Å². The highest BCUT2D eigenvalue weighted by Crippen LogP contribution is 2.21. The van der Waals surface area contributed by atoms with Crippen molar-refractivity contribution in [1.29, 1.82) is 0 Å². The van der Waals surface area contributed by atoms with Gasteiger partial charge in [0.25, 0.3) is 0 Å². The van der Waals surface area contributed by atoms with Gasteiger partial charge in [0, 0.05) is 23.5 Å². The normalized spacial score (nSPS) is 10.1. The topological polar surface area (TPSA) is 124 Å². The lowest BCUT2D eigenvalue weighted by Gasteiger charge is -2.08. The van der Waals surface area contributed by atoms with E-state index in [1.807, 2.05) is 0 Å². The second-order valence-electron chi connectivity index (χ2n) is 7.34. The second-order valence-corrected chi connectivity index (χ2v) is 8.15. The largest absolute Gasteiger partial charge is 0.462 e. The molecular formula is C26H24Cl2F2N2O7. The van der Waals surface area contributed by atoms with Crippen LogP contribution in [0.2, 0.25) is 10.0 Å². The summed E-state index contributed by atoms with van der Waals surface area (Å²) >= 11 is 11.2. The molecule has 0 amide bonds. The van der Waals surface area contributed by atoms with E-state index in [2.05, 4.69) is 10.3 Å². The molecule has 39 heavy (non-hydrogen) atoms. The van der Waals surface area contributed by atoms with Crippen molar-refractivity contribution < 1.29 is 37.4 Å². The van der Waals surface area contributed by atoms with Crippen molar-refractivity contribution in [2.24, 2.45) is 0 Å². The lowest BCUT2D eigenvalue weighted by Crippen LogP contribution is -2.19. The molecule has 0 radical (unpaired) electrons. The third-order valence-electron chi connectivity index (χ3n) is 4.71. The van der Waals surface area contributed by atoms with E-state index in [1.54, 1.807) is 20.8 Å². The van der Waals surface area contributed by atoms with Crippen LogP contribution in [0.15, 0.2) is 53.1 Å². The molecule has 0 aliphatic carbocycles. The second kappa shape index (κ2) is 14.8. The molecule has 0 spiro atoms. The number of anilines is 1. The first-order valence-electron chi connectivity index (χ1n) is 11.5. The molecule has 0 aliphatic heterocycles. The number of aromatic amines is 1. The van der Waals surface area contributed by atoms with Gasteiger partial charge in [0.05, 0.1) is 35.4 Å². The molecule has 1 heterocycles. The molecular weight excluding hydrogens is 561 g/mol. The molecule has 0 atom stereocenters. The van der Waals surface area contributed by atoms with Gasteiger partial charge in [-0.15, -0.1) is 0 Å². The Kier molecular flexibility index (Phi) is 11.9. The number of rotatable bonds is 8. The summed E-state index contributed by atoms with van der Waals surface area (Å²) in [5.74, 6) is -3.64. The Morgan fingerprint density at radius 2 is 1.49 bits per heavy atom. The number of ether oxygens (including phenoxy) is 3. The zero-order chi connectivity index (χ0) is 29.1. The highest BCUT2D eigenvalue weighted by Gasteiger charge is 2.21. The predicted molar refractivity (Wildman–Crippen MR) is 142 cm³/mol. The summed E-state index contributed by atoms with van der Waals surface area (Å²) in [6, 6.07) is 6.18. The first-order chi connectivity index (χ1) is 18.5. The summed E-state index contributed by atoms with van der Waals surface area (Å²) in [6.45, 7) is 5.27. The Bertz CT molecular complexity index is 1440. The van der Waals surface area contributed by atoms with E-state index in [4.69, 9.17) is 37.4 Å². The number of H-pyrrole nitrogens is 1. The van der Waals surface area contributed by atoms with Gasteiger partial charge in [0.1, 0.15) is 17.2 Å². The summed E-state index contributed by atoms with van der Waals surface area (Å²) in [7, 11) is 0. The van der Waals surface area contributed by atoms with Gasteiger partial charge >= 0.3 is 17.9 Å². The number of hydrogen-bond acceptors (Lipinski definition) is 8. The van der Waals surface area contributed by atoms with Crippen LogP contribution in [0.5, 0.6) is 0 Å². The highest BCUT2D eigenvalue weighted by atomic mass is 35.5. The smallest absolute Gasteiger partial charge is 0.347 e. The van der Waals surface area contributed by atoms with Crippen molar-refractivity contribution in [3.8, 4) is 0 Å². The van der Waals surface area contributed by atoms with Crippen LogP contribution in [0.1, 0.15) is 31.1 Å². The van der Waals surface area contributed by atoms with Gasteiger partial charge in [-0.05, 0) is 51.1 Å². The number of aromatic nitrogens is 1. The van der Waals surface area contributed by atoms with E-state index in [9.17, 15) is 28.0 Å². The third-order valence-corrected chi connectivity index (χ3v) is 5.29. The van der Waals surface area contributed by atoms with Gasteiger partial charge in [-0.1, -0.05) is 23.2 Å². The first-order valence-corrected chi connectivity index (χ1v) is 12.2. The molecule has 0 bridgehead atoms. The standard InChI is InChI=1S/C14H15ClFNO4.C12H9ClFNO3/c1-3-20-13(18)10(14(19)21-4-2)8-17-9-5-6-12(16)11(15)7-9;1-2-18-12(17)7-5-15-10-4-8(13)9(14)3-6(10)11(7)16/h5-8,17H,3-4H2,1-2H3;3-5H,2H2,1H3,(H,15,16). The number of nitrogens with one attached hydrogen (secondary N) is 2. The minimum absolute atomic E-state index is 0.0578. The number of hydrogen-bond donors (Lipinski definition) is 2. The van der Waals surface area contributed by atoms with E-state index in [1.165, 1.54) is 24.4 Å². The van der Waals surface area contributed by atoms with Gasteiger partial charge in [0.15, 0.2) is 5.57 Å². The molecule has 1 aromatic heterocycles. The number of fused-ring (bicyclic) bond motifs is 1. The summed E-state index contributed by atoms with van der Waals surface area (Å²) in [5.41, 5.74) is -0.269. The van der Waals surface area contributed by atoms with Crippen LogP contribution in [-0.4, -0.2) is 42.7 Å². The fraction of sp³-hybridized carbons (Fsp3) is 0.231. The Morgan fingerprint density at radius 3 is 2.05 bits per heavy atom. The minimum atomic E-state index is -0.809. The van der Waals surface area contributed by atoms with Crippen LogP contribution in [0.4, 0.5) is 14.5 Å². The Hall–Kier alpha value is -3.96. The number of pyridine rings is 1. The highest BCUT2D eigenvalue weighted by molar-refractivity contribution is 6.31. The Morgan fingerprint density at radius 1 is 0.897 bits per heavy atom. The zero-order valence-corrected chi connectivity index (χ0v) is 22.5. The SMILES string of the molecule is CCOC(=O)C(=CNc1ccc(F)c(Cl)c1)C(=O)OCC.CCOC(=O)c1c[nH]c2cc(Cl)c(F)cc2c1=O. The fourth-order valence-corrected chi connectivity index (χ4v) is 3.28. The quantitative estimate of drug-likeness (QED) is 0.119. The van der Waals surface area contributed by atoms with Crippen LogP contribution in [0.3, 0.4) is 0 Å². The van der Waals surface area contributed by atoms with Crippen molar-refractivity contribution in [3.63, 3.8) is 0 Å². The predicted octanol–water partition coefficient (Wildman–Crippen LogP) is 5.40. The Balaban J connectivity index is 0.000000276. The zero-order valence-electron chi connectivity index (χ0n) is 21.0. The fourth-order valence-electron chi connectivity index (χ4n) is 2.94. The van der Waals surface area contributed by atoms with Crippen LogP contribution in [-0.2, 0) is 23.8 Å². The summed E-state index contributed by atoms with van der Waals surface area (Å²) in [4.78, 5) is 49.6. The molecule has 13 heteroatoms. The number of carbonyl (C=O) groups excluding carboxylic acids is 3. The van der Waals surface area contributed by atoms with Gasteiger partial charge in [-0.2, -0.15) is 0 Å². The van der Waals surface area contributed by atoms with E-state index in [0.29, 0.717) is 11.2 Å². The Labute approximate surface area is 231 Å². The first kappa shape index (κ1) is 31.3. The molecule has 0 saturated carbocycles. The van der Waals surface area contributed by atoms with Crippen molar-refractivity contribution in [3.05, 3.63) is 85.8 Å². The average Bonchev–Trinajstić information content (AvgIpc) is 2.88. The number of halogens is 4. The summed E-state index contributed by atoms with van der Waals surface area (Å²) < 4.78 is 40.6. The van der Waals surface area contributed by atoms with Crippen LogP contribution >= 0.6 is 23.2 Å². The maximum atomic E-state index is 13.3. The van der Waals surface area contributed by atoms with Crippen molar-refractivity contribution >= 4 is 57.7 Å². The van der Waals surface area contributed by atoms with Crippen molar-refractivity contribution in [2.75, 3.05) is 25.1 Å². The lowest BCUT2D eigenvalue weighted by atomic mass is 10.1. The molecule has 0 fully saturated rings. The van der Waals surface area contributed by atoms with Crippen molar-refractivity contribution in [1.82, 2.24) is 4.98 Å². The van der Waals surface area contributed by atoms with E-state index >= 15 is 0 Å². The van der Waals surface area contributed by atoms with Crippen LogP contribution in [0.25, 0.3) is 10.9 Å². The molecule has 3 aromatic rings. The molecule has 9 nitrogen and oxygen atoms in total. The summed E-state index contributed by atoms with van der Waals surface area (Å²) in [6.07, 6.45) is 2.37. The van der Waals surface area contributed by atoms with Gasteiger partial charge in [0.2, 0.25) is 5.43 Å². The van der Waals surface area contributed by atoms with Crippen LogP contribution in [0, 0.1) is 11.6 Å². The molecule has 0 saturated heterocycles. The maximum absolute atomic E-state index is 13.3. The number of benzene rings is 2. The third kappa shape index (κ3) is 8.52. The van der Waals surface area contributed by atoms with E-state index < -0.39 is 35.0 Å². The number of carbonyl (C=O) groups is 3. The molecule has 2 N–H and O–H groups in total. The maximum Gasteiger partial charge on any atom is 0.347 e. The number of esters is 3. The summed E-state index contributed by atoms with van der Waals surface area (Å²) in [5, 5.41) is 2.56. The average molecular weight is 585 g/mol. The van der Waals surface area contributed by atoms with Gasteiger partial charge in [-0.25, -0.2) is 23.2 Å². The monoisotopic (exact) mass is 584 g/mol. The molecule has 0 aliphatic rings. The molecule has 0 unspecified atom stereocenters. The van der Waals surface area contributed by atoms with Gasteiger partial charge in [-0.3, -0.25) is 4.79 Å². The minimum Gasteiger partial charge on any atom is -0.462 e. The molecule has 3 rings (SSSR count). The molecule has 208 valence electrons. The van der Waals surface area contributed by atoms with Crippen molar-refractivity contribution in [2.45, 2.75) is 20.8 Å². The molecule has 2 aromatic carbocycles. The lowest BCUT2D eigenvalue weighted by molar-refractivity contribution is -0.146. The van der Waals surface area contributed by atoms with E-state index in [0.717, 1.165) is 18.3 Å². The van der Waals surface area contributed by atoms with E-state index in [-0.39, 0.29) is 46.4 Å².